The lowest BCUT2D eigenvalue weighted by Gasteiger charge is -2.26. The van der Waals surface area contributed by atoms with Gasteiger partial charge in [-0.25, -0.2) is 0 Å². The van der Waals surface area contributed by atoms with Gasteiger partial charge in [0.1, 0.15) is 11.8 Å². The molecule has 0 fully saturated rings. The topological polar surface area (TPSA) is 78.9 Å². The number of aliphatic carboxylic acids is 1. The van der Waals surface area contributed by atoms with Gasteiger partial charge in [0.25, 0.3) is 0 Å². The molecule has 0 bridgehead atoms. The summed E-state index contributed by atoms with van der Waals surface area (Å²) in [5.74, 6) is -0.146. The van der Waals surface area contributed by atoms with E-state index in [0.717, 1.165) is 16.9 Å². The molecule has 0 aliphatic carbocycles. The quantitative estimate of drug-likeness (QED) is 0.639. The molecule has 0 saturated carbocycles. The maximum atomic E-state index is 11.2. The highest BCUT2D eigenvalue weighted by molar-refractivity contribution is 5.73. The van der Waals surface area contributed by atoms with Crippen molar-refractivity contribution in [2.45, 2.75) is 40.2 Å². The van der Waals surface area contributed by atoms with Gasteiger partial charge in [-0.3, -0.25) is 14.5 Å². The standard InChI is InChI=1S/C18H28N2O4/c1-13-10-14(2)12-17(11-13)24-9-5-7-20(15(3)18(22)23)8-6-19-16(4)21/h10-12,15H,5-9H2,1-4H3,(H,19,21)(H,22,23). The first-order chi connectivity index (χ1) is 11.3. The largest absolute Gasteiger partial charge is 0.494 e. The minimum atomic E-state index is -0.868. The highest BCUT2D eigenvalue weighted by Crippen LogP contribution is 2.16. The highest BCUT2D eigenvalue weighted by atomic mass is 16.5. The number of carboxylic acid groups (broad SMARTS) is 1. The Hall–Kier alpha value is -2.08. The van der Waals surface area contributed by atoms with Crippen LogP contribution in [-0.2, 0) is 9.59 Å². The van der Waals surface area contributed by atoms with Gasteiger partial charge >= 0.3 is 5.97 Å². The van der Waals surface area contributed by atoms with Gasteiger partial charge in [-0.2, -0.15) is 0 Å². The number of hydrogen-bond donors (Lipinski definition) is 2. The molecule has 2 N–H and O–H groups in total. The zero-order valence-corrected chi connectivity index (χ0v) is 15.0. The summed E-state index contributed by atoms with van der Waals surface area (Å²) in [6, 6.07) is 5.47. The van der Waals surface area contributed by atoms with Crippen molar-refractivity contribution >= 4 is 11.9 Å². The summed E-state index contributed by atoms with van der Waals surface area (Å²) < 4.78 is 5.76. The molecule has 0 aliphatic rings. The van der Waals surface area contributed by atoms with Crippen LogP contribution in [0.1, 0.15) is 31.4 Å². The van der Waals surface area contributed by atoms with Gasteiger partial charge < -0.3 is 15.2 Å². The van der Waals surface area contributed by atoms with Crippen LogP contribution in [0.15, 0.2) is 18.2 Å². The van der Waals surface area contributed by atoms with E-state index in [1.807, 2.05) is 30.9 Å². The van der Waals surface area contributed by atoms with E-state index in [1.165, 1.54) is 6.92 Å². The predicted octanol–water partition coefficient (Wildman–Crippen LogP) is 1.98. The molecule has 1 aromatic carbocycles. The van der Waals surface area contributed by atoms with E-state index < -0.39 is 12.0 Å². The molecular formula is C18H28N2O4. The molecule has 1 amide bonds. The van der Waals surface area contributed by atoms with Crippen molar-refractivity contribution in [3.05, 3.63) is 29.3 Å². The predicted molar refractivity (Wildman–Crippen MR) is 93.4 cm³/mol. The molecule has 0 saturated heterocycles. The van der Waals surface area contributed by atoms with Crippen LogP contribution in [0.4, 0.5) is 0 Å². The number of nitrogens with zero attached hydrogens (tertiary/aromatic N) is 1. The summed E-state index contributed by atoms with van der Waals surface area (Å²) in [7, 11) is 0. The Labute approximate surface area is 143 Å². The lowest BCUT2D eigenvalue weighted by Crippen LogP contribution is -2.44. The van der Waals surface area contributed by atoms with Gasteiger partial charge in [0, 0.05) is 26.6 Å². The molecule has 24 heavy (non-hydrogen) atoms. The van der Waals surface area contributed by atoms with Crippen LogP contribution < -0.4 is 10.1 Å². The van der Waals surface area contributed by atoms with Crippen molar-refractivity contribution in [1.29, 1.82) is 0 Å². The Bertz CT molecular complexity index is 540. The molecule has 6 nitrogen and oxygen atoms in total. The second-order valence-electron chi connectivity index (χ2n) is 6.06. The second kappa shape index (κ2) is 9.93. The molecule has 1 atom stereocenters. The average molecular weight is 336 g/mol. The van der Waals surface area contributed by atoms with Gasteiger partial charge in [0.2, 0.25) is 5.91 Å². The molecule has 1 unspecified atom stereocenters. The summed E-state index contributed by atoms with van der Waals surface area (Å²) in [5, 5.41) is 11.9. The summed E-state index contributed by atoms with van der Waals surface area (Å²) in [6.07, 6.45) is 0.713. The first-order valence-corrected chi connectivity index (χ1v) is 8.22. The summed E-state index contributed by atoms with van der Waals surface area (Å²) in [6.45, 7) is 9.20. The second-order valence-corrected chi connectivity index (χ2v) is 6.06. The van der Waals surface area contributed by atoms with Crippen LogP contribution in [-0.4, -0.2) is 54.2 Å². The molecule has 0 spiro atoms. The summed E-state index contributed by atoms with van der Waals surface area (Å²) >= 11 is 0. The van der Waals surface area contributed by atoms with Gasteiger partial charge in [-0.15, -0.1) is 0 Å². The van der Waals surface area contributed by atoms with Gasteiger partial charge in [-0.05, 0) is 50.5 Å². The third kappa shape index (κ3) is 7.46. The first kappa shape index (κ1) is 20.0. The molecule has 134 valence electrons. The van der Waals surface area contributed by atoms with Crippen molar-refractivity contribution < 1.29 is 19.4 Å². The maximum absolute atomic E-state index is 11.2. The van der Waals surface area contributed by atoms with Crippen molar-refractivity contribution in [2.75, 3.05) is 26.2 Å². The van der Waals surface area contributed by atoms with Crippen LogP contribution in [0, 0.1) is 13.8 Å². The van der Waals surface area contributed by atoms with E-state index in [1.54, 1.807) is 6.92 Å². The number of aryl methyl sites for hydroxylation is 2. The van der Waals surface area contributed by atoms with Crippen LogP contribution in [0.5, 0.6) is 5.75 Å². The van der Waals surface area contributed by atoms with Gasteiger partial charge in [0.15, 0.2) is 0 Å². The van der Waals surface area contributed by atoms with Crippen LogP contribution >= 0.6 is 0 Å². The smallest absolute Gasteiger partial charge is 0.320 e. The molecule has 6 heteroatoms. The van der Waals surface area contributed by atoms with Crippen molar-refractivity contribution in [3.63, 3.8) is 0 Å². The number of amides is 1. The number of benzene rings is 1. The van der Waals surface area contributed by atoms with Crippen LogP contribution in [0.25, 0.3) is 0 Å². The fourth-order valence-corrected chi connectivity index (χ4v) is 2.50. The Kier molecular flexibility index (Phi) is 8.26. The third-order valence-corrected chi connectivity index (χ3v) is 3.73. The Morgan fingerprint density at radius 1 is 1.21 bits per heavy atom. The van der Waals surface area contributed by atoms with E-state index in [9.17, 15) is 14.7 Å². The molecule has 0 aromatic heterocycles. The van der Waals surface area contributed by atoms with Crippen molar-refractivity contribution in [1.82, 2.24) is 10.2 Å². The molecule has 1 rings (SSSR count). The van der Waals surface area contributed by atoms with Crippen LogP contribution in [0.2, 0.25) is 0 Å². The number of hydrogen-bond acceptors (Lipinski definition) is 4. The zero-order chi connectivity index (χ0) is 18.1. The fraction of sp³-hybridized carbons (Fsp3) is 0.556. The maximum Gasteiger partial charge on any atom is 0.320 e. The molecule has 0 aliphatic heterocycles. The molecule has 0 heterocycles. The van der Waals surface area contributed by atoms with E-state index in [-0.39, 0.29) is 5.91 Å². The van der Waals surface area contributed by atoms with E-state index >= 15 is 0 Å². The molecule has 1 aromatic rings. The van der Waals surface area contributed by atoms with Crippen LogP contribution in [0.3, 0.4) is 0 Å². The first-order valence-electron chi connectivity index (χ1n) is 8.22. The van der Waals surface area contributed by atoms with Gasteiger partial charge in [0.05, 0.1) is 6.61 Å². The third-order valence-electron chi connectivity index (χ3n) is 3.73. The Morgan fingerprint density at radius 3 is 2.38 bits per heavy atom. The summed E-state index contributed by atoms with van der Waals surface area (Å²) in [4.78, 5) is 24.0. The highest BCUT2D eigenvalue weighted by Gasteiger charge is 2.19. The zero-order valence-electron chi connectivity index (χ0n) is 15.0. The number of carbonyl (C=O) groups excluding carboxylic acids is 1. The minimum absolute atomic E-state index is 0.115. The number of ether oxygens (including phenoxy) is 1. The van der Waals surface area contributed by atoms with E-state index in [4.69, 9.17) is 4.74 Å². The van der Waals surface area contributed by atoms with Gasteiger partial charge in [-0.1, -0.05) is 6.07 Å². The number of carbonyl (C=O) groups is 2. The average Bonchev–Trinajstić information content (AvgIpc) is 2.47. The Morgan fingerprint density at radius 2 is 1.83 bits per heavy atom. The normalized spacial score (nSPS) is 12.0. The molecular weight excluding hydrogens is 308 g/mol. The lowest BCUT2D eigenvalue weighted by molar-refractivity contribution is -0.142. The number of rotatable bonds is 10. The lowest BCUT2D eigenvalue weighted by atomic mass is 10.1. The minimum Gasteiger partial charge on any atom is -0.494 e. The number of nitrogens with one attached hydrogen (secondary N) is 1. The van der Waals surface area contributed by atoms with E-state index in [0.29, 0.717) is 32.7 Å². The fourth-order valence-electron chi connectivity index (χ4n) is 2.50. The SMILES string of the molecule is CC(=O)NCCN(CCCOc1cc(C)cc(C)c1)C(C)C(=O)O. The summed E-state index contributed by atoms with van der Waals surface area (Å²) in [5.41, 5.74) is 2.31. The number of carboxylic acids is 1. The van der Waals surface area contributed by atoms with Crippen molar-refractivity contribution in [2.24, 2.45) is 0 Å². The van der Waals surface area contributed by atoms with E-state index in [2.05, 4.69) is 11.4 Å². The monoisotopic (exact) mass is 336 g/mol. The molecule has 0 radical (unpaired) electrons. The van der Waals surface area contributed by atoms with Crippen molar-refractivity contribution in [3.8, 4) is 5.75 Å². The Balaban J connectivity index is 2.45.